The van der Waals surface area contributed by atoms with Gasteiger partial charge in [-0.2, -0.15) is 0 Å². The Morgan fingerprint density at radius 1 is 1.42 bits per heavy atom. The lowest BCUT2D eigenvalue weighted by Crippen LogP contribution is -2.16. The van der Waals surface area contributed by atoms with Crippen LogP contribution in [0.25, 0.3) is 0 Å². The highest BCUT2D eigenvalue weighted by Crippen LogP contribution is 2.31. The number of ether oxygens (including phenoxy) is 2. The van der Waals surface area contributed by atoms with Crippen molar-refractivity contribution in [2.45, 2.75) is 6.61 Å². The summed E-state index contributed by atoms with van der Waals surface area (Å²) in [7, 11) is 0. The number of hydrogen-bond donors (Lipinski definition) is 1. The summed E-state index contributed by atoms with van der Waals surface area (Å²) in [5, 5.41) is 9.44. The van der Waals surface area contributed by atoms with E-state index in [1.54, 1.807) is 18.2 Å². The third-order valence-corrected chi connectivity index (χ3v) is 1.84. The molecule has 0 spiro atoms. The fourth-order valence-corrected chi connectivity index (χ4v) is 1.19. The number of aromatic hydroxyl groups is 1. The second-order valence-corrected chi connectivity index (χ2v) is 2.73. The van der Waals surface area contributed by atoms with Crippen LogP contribution < -0.4 is 4.74 Å². The SMILES string of the molecule is Oc1cccc2c1COC(=S)O2. The Labute approximate surface area is 74.5 Å². The predicted molar refractivity (Wildman–Crippen MR) is 46.1 cm³/mol. The van der Waals surface area contributed by atoms with Crippen molar-refractivity contribution in [2.75, 3.05) is 0 Å². The van der Waals surface area contributed by atoms with E-state index < -0.39 is 0 Å². The van der Waals surface area contributed by atoms with Gasteiger partial charge in [-0.3, -0.25) is 0 Å². The van der Waals surface area contributed by atoms with Crippen LogP contribution in [0, 0.1) is 0 Å². The average molecular weight is 182 g/mol. The molecule has 0 amide bonds. The maximum Gasteiger partial charge on any atom is 0.358 e. The Kier molecular flexibility index (Phi) is 1.62. The molecule has 0 fully saturated rings. The fourth-order valence-electron chi connectivity index (χ4n) is 1.05. The smallest absolute Gasteiger partial charge is 0.358 e. The van der Waals surface area contributed by atoms with E-state index in [9.17, 15) is 5.11 Å². The summed E-state index contributed by atoms with van der Waals surface area (Å²) in [4.78, 5) is 0. The highest BCUT2D eigenvalue weighted by Gasteiger charge is 2.17. The Hall–Kier alpha value is -1.29. The molecule has 1 N–H and O–H groups in total. The van der Waals surface area contributed by atoms with E-state index in [4.69, 9.17) is 21.7 Å². The van der Waals surface area contributed by atoms with Crippen molar-refractivity contribution in [3.63, 3.8) is 0 Å². The average Bonchev–Trinajstić information content (AvgIpc) is 2.04. The Morgan fingerprint density at radius 2 is 2.25 bits per heavy atom. The monoisotopic (exact) mass is 182 g/mol. The second kappa shape index (κ2) is 2.64. The van der Waals surface area contributed by atoms with Crippen molar-refractivity contribution in [1.82, 2.24) is 0 Å². The summed E-state index contributed by atoms with van der Waals surface area (Å²) in [6.45, 7) is 0.279. The van der Waals surface area contributed by atoms with Crippen molar-refractivity contribution < 1.29 is 14.6 Å². The van der Waals surface area contributed by atoms with E-state index in [0.29, 0.717) is 11.3 Å². The van der Waals surface area contributed by atoms with Crippen LogP contribution in [0.5, 0.6) is 11.5 Å². The minimum atomic E-state index is 0.105. The molecule has 1 heterocycles. The fraction of sp³-hybridized carbons (Fsp3) is 0.125. The number of hydrogen-bond acceptors (Lipinski definition) is 4. The van der Waals surface area contributed by atoms with E-state index in [1.807, 2.05) is 0 Å². The Balaban J connectivity index is 2.48. The first-order chi connectivity index (χ1) is 5.77. The van der Waals surface area contributed by atoms with Crippen LogP contribution in [0.2, 0.25) is 0 Å². The highest BCUT2D eigenvalue weighted by atomic mass is 32.1. The first-order valence-corrected chi connectivity index (χ1v) is 3.83. The lowest BCUT2D eigenvalue weighted by atomic mass is 10.2. The molecule has 1 aromatic carbocycles. The lowest BCUT2D eigenvalue weighted by Gasteiger charge is -2.18. The number of thiocarbonyl (C=S) groups is 1. The molecule has 4 heteroatoms. The van der Waals surface area contributed by atoms with Crippen LogP contribution in [0.15, 0.2) is 18.2 Å². The first kappa shape index (κ1) is 7.36. The molecule has 0 atom stereocenters. The molecule has 0 aromatic heterocycles. The number of rotatable bonds is 0. The number of benzene rings is 1. The molecule has 62 valence electrons. The van der Waals surface area contributed by atoms with Gasteiger partial charge in [-0.1, -0.05) is 6.07 Å². The van der Waals surface area contributed by atoms with E-state index in [0.717, 1.165) is 0 Å². The Bertz CT molecular complexity index is 335. The largest absolute Gasteiger partial charge is 0.507 e. The van der Waals surface area contributed by atoms with Crippen LogP contribution in [-0.2, 0) is 11.3 Å². The standard InChI is InChI=1S/C8H6O3S/c9-6-2-1-3-7-5(6)4-10-8(12)11-7/h1-3,9H,4H2. The number of fused-ring (bicyclic) bond motifs is 1. The molecular weight excluding hydrogens is 176 g/mol. The van der Waals surface area contributed by atoms with Crippen LogP contribution in [0.1, 0.15) is 5.56 Å². The number of phenols is 1. The molecule has 3 nitrogen and oxygen atoms in total. The van der Waals surface area contributed by atoms with Gasteiger partial charge in [0.2, 0.25) is 0 Å². The van der Waals surface area contributed by atoms with Crippen LogP contribution in [-0.4, -0.2) is 10.3 Å². The first-order valence-electron chi connectivity index (χ1n) is 3.43. The number of phenolic OH excluding ortho intramolecular Hbond substituents is 1. The van der Waals surface area contributed by atoms with Gasteiger partial charge >= 0.3 is 5.24 Å². The van der Waals surface area contributed by atoms with E-state index in [1.165, 1.54) is 0 Å². The maximum atomic E-state index is 9.34. The molecule has 0 bridgehead atoms. The lowest BCUT2D eigenvalue weighted by molar-refractivity contribution is 0.206. The summed E-state index contributed by atoms with van der Waals surface area (Å²) in [6.07, 6.45) is 0. The van der Waals surface area contributed by atoms with Crippen LogP contribution in [0.3, 0.4) is 0 Å². The van der Waals surface area contributed by atoms with Crippen molar-refractivity contribution in [1.29, 1.82) is 0 Å². The predicted octanol–water partition coefficient (Wildman–Crippen LogP) is 1.59. The molecule has 0 radical (unpaired) electrons. The normalized spacial score (nSPS) is 14.5. The third-order valence-electron chi connectivity index (χ3n) is 1.64. The highest BCUT2D eigenvalue weighted by molar-refractivity contribution is 7.79. The van der Waals surface area contributed by atoms with E-state index in [2.05, 4.69) is 0 Å². The third kappa shape index (κ3) is 1.10. The van der Waals surface area contributed by atoms with Crippen LogP contribution in [0.4, 0.5) is 0 Å². The molecule has 1 aromatic rings. The quantitative estimate of drug-likeness (QED) is 0.618. The zero-order valence-electron chi connectivity index (χ0n) is 6.11. The summed E-state index contributed by atoms with van der Waals surface area (Å²) < 4.78 is 10.00. The van der Waals surface area contributed by atoms with Crippen molar-refractivity contribution in [2.24, 2.45) is 0 Å². The van der Waals surface area contributed by atoms with Crippen molar-refractivity contribution in [3.8, 4) is 11.5 Å². The summed E-state index contributed by atoms with van der Waals surface area (Å²) in [5.41, 5.74) is 0.645. The van der Waals surface area contributed by atoms with E-state index in [-0.39, 0.29) is 17.6 Å². The summed E-state index contributed by atoms with van der Waals surface area (Å²) in [5.74, 6) is 0.751. The van der Waals surface area contributed by atoms with Gasteiger partial charge < -0.3 is 14.6 Å². The zero-order valence-corrected chi connectivity index (χ0v) is 6.93. The van der Waals surface area contributed by atoms with Gasteiger partial charge in [0, 0.05) is 12.2 Å². The topological polar surface area (TPSA) is 38.7 Å². The van der Waals surface area contributed by atoms with Gasteiger partial charge in [0.25, 0.3) is 0 Å². The van der Waals surface area contributed by atoms with Gasteiger partial charge in [-0.25, -0.2) is 0 Å². The molecule has 12 heavy (non-hydrogen) atoms. The van der Waals surface area contributed by atoms with Crippen LogP contribution >= 0.6 is 12.2 Å². The minimum absolute atomic E-state index is 0.105. The van der Waals surface area contributed by atoms with Crippen molar-refractivity contribution >= 4 is 17.5 Å². The van der Waals surface area contributed by atoms with Gasteiger partial charge in [-0.05, 0) is 12.1 Å². The molecule has 0 unspecified atom stereocenters. The zero-order chi connectivity index (χ0) is 8.55. The minimum Gasteiger partial charge on any atom is -0.507 e. The Morgan fingerprint density at radius 3 is 3.08 bits per heavy atom. The second-order valence-electron chi connectivity index (χ2n) is 2.39. The summed E-state index contributed by atoms with van der Waals surface area (Å²) >= 11 is 4.70. The molecular formula is C8H6O3S. The molecule has 1 aliphatic heterocycles. The van der Waals surface area contributed by atoms with Gasteiger partial charge in [0.15, 0.2) is 0 Å². The molecule has 1 aliphatic rings. The van der Waals surface area contributed by atoms with Gasteiger partial charge in [0.1, 0.15) is 18.1 Å². The van der Waals surface area contributed by atoms with Gasteiger partial charge in [0.05, 0.1) is 5.56 Å². The van der Waals surface area contributed by atoms with Crippen molar-refractivity contribution in [3.05, 3.63) is 23.8 Å². The molecule has 0 aliphatic carbocycles. The maximum absolute atomic E-state index is 9.34. The molecule has 2 rings (SSSR count). The molecule has 0 saturated heterocycles. The van der Waals surface area contributed by atoms with Gasteiger partial charge in [-0.15, -0.1) is 0 Å². The molecule has 0 saturated carbocycles. The summed E-state index contributed by atoms with van der Waals surface area (Å²) in [6, 6.07) is 5.02. The van der Waals surface area contributed by atoms with E-state index >= 15 is 0 Å².